The van der Waals surface area contributed by atoms with Gasteiger partial charge in [0.1, 0.15) is 5.82 Å². The summed E-state index contributed by atoms with van der Waals surface area (Å²) in [5.41, 5.74) is 1.66. The van der Waals surface area contributed by atoms with E-state index in [-0.39, 0.29) is 11.2 Å². The maximum Gasteiger partial charge on any atom is 0.137 e. The van der Waals surface area contributed by atoms with Crippen LogP contribution in [0.25, 0.3) is 0 Å². The number of alkyl halides is 1. The molecule has 0 aliphatic rings. The lowest BCUT2D eigenvalue weighted by Gasteiger charge is -2.09. The first-order chi connectivity index (χ1) is 8.16. The molecule has 0 saturated heterocycles. The van der Waals surface area contributed by atoms with Crippen molar-refractivity contribution in [3.63, 3.8) is 0 Å². The predicted molar refractivity (Wildman–Crippen MR) is 70.6 cm³/mol. The van der Waals surface area contributed by atoms with Crippen LogP contribution >= 0.6 is 27.5 Å². The van der Waals surface area contributed by atoms with Crippen molar-refractivity contribution in [2.75, 3.05) is 0 Å². The number of nitrogens with zero attached hydrogens (tertiary/aromatic N) is 1. The Kier molecular flexibility index (Phi) is 4.13. The van der Waals surface area contributed by atoms with Gasteiger partial charge >= 0.3 is 0 Å². The summed E-state index contributed by atoms with van der Waals surface area (Å²) in [5.74, 6) is -0.297. The molecule has 1 nitrogen and oxygen atoms in total. The molecule has 2 rings (SSSR count). The minimum atomic E-state index is -0.297. The van der Waals surface area contributed by atoms with Crippen molar-refractivity contribution in [3.05, 3.63) is 64.1 Å². The van der Waals surface area contributed by atoms with Gasteiger partial charge in [0.15, 0.2) is 0 Å². The Morgan fingerprint density at radius 3 is 2.76 bits per heavy atom. The van der Waals surface area contributed by atoms with E-state index < -0.39 is 0 Å². The van der Waals surface area contributed by atoms with Gasteiger partial charge in [-0.15, -0.1) is 11.6 Å². The molecule has 1 heterocycles. The molecule has 0 N–H and O–H groups in total. The Labute approximate surface area is 113 Å². The van der Waals surface area contributed by atoms with Gasteiger partial charge < -0.3 is 0 Å². The van der Waals surface area contributed by atoms with Gasteiger partial charge in [0.2, 0.25) is 0 Å². The highest BCUT2D eigenvalue weighted by Crippen LogP contribution is 2.27. The predicted octanol–water partition coefficient (Wildman–Crippen LogP) is 4.51. The van der Waals surface area contributed by atoms with Crippen molar-refractivity contribution >= 4 is 27.5 Å². The highest BCUT2D eigenvalue weighted by molar-refractivity contribution is 9.10. The second kappa shape index (κ2) is 5.61. The number of pyridine rings is 1. The third-order valence-electron chi connectivity index (χ3n) is 2.42. The molecule has 0 aliphatic heterocycles. The number of hydrogen-bond acceptors (Lipinski definition) is 1. The molecule has 0 aliphatic carbocycles. The molecule has 0 fully saturated rings. The SMILES string of the molecule is Fc1cc(C(Cl)Cc2ccccn2)ccc1Br. The van der Waals surface area contributed by atoms with Gasteiger partial charge in [-0.2, -0.15) is 0 Å². The van der Waals surface area contributed by atoms with Crippen LogP contribution in [0, 0.1) is 5.82 Å². The van der Waals surface area contributed by atoms with Crippen molar-refractivity contribution < 1.29 is 4.39 Å². The summed E-state index contributed by atoms with van der Waals surface area (Å²) in [6, 6.07) is 10.6. The summed E-state index contributed by atoms with van der Waals surface area (Å²) in [4.78, 5) is 4.20. The maximum absolute atomic E-state index is 13.4. The molecule has 1 aromatic heterocycles. The Bertz CT molecular complexity index is 504. The summed E-state index contributed by atoms with van der Waals surface area (Å²) < 4.78 is 13.8. The van der Waals surface area contributed by atoms with Crippen LogP contribution in [0.2, 0.25) is 0 Å². The Hall–Kier alpha value is -0.930. The van der Waals surface area contributed by atoms with Crippen LogP contribution in [0.4, 0.5) is 4.39 Å². The van der Waals surface area contributed by atoms with Crippen LogP contribution < -0.4 is 0 Å². The van der Waals surface area contributed by atoms with Gasteiger partial charge in [0.25, 0.3) is 0 Å². The van der Waals surface area contributed by atoms with E-state index in [1.807, 2.05) is 24.3 Å². The molecular weight excluding hydrogens is 305 g/mol. The fourth-order valence-corrected chi connectivity index (χ4v) is 2.07. The molecule has 1 aromatic carbocycles. The molecule has 2 aromatic rings. The Morgan fingerprint density at radius 1 is 1.29 bits per heavy atom. The van der Waals surface area contributed by atoms with Crippen molar-refractivity contribution in [1.82, 2.24) is 4.98 Å². The summed E-state index contributed by atoms with van der Waals surface area (Å²) in [5, 5.41) is -0.271. The lowest BCUT2D eigenvalue weighted by molar-refractivity contribution is 0.618. The first-order valence-electron chi connectivity index (χ1n) is 5.16. The minimum absolute atomic E-state index is 0.271. The molecule has 4 heteroatoms. The second-order valence-electron chi connectivity index (χ2n) is 3.67. The van der Waals surface area contributed by atoms with Crippen LogP contribution in [0.5, 0.6) is 0 Å². The van der Waals surface area contributed by atoms with Crippen molar-refractivity contribution in [3.8, 4) is 0 Å². The van der Waals surface area contributed by atoms with Crippen LogP contribution in [-0.2, 0) is 6.42 Å². The molecular formula is C13H10BrClFN. The number of benzene rings is 1. The van der Waals surface area contributed by atoms with E-state index in [1.165, 1.54) is 6.07 Å². The van der Waals surface area contributed by atoms with Crippen LogP contribution in [0.1, 0.15) is 16.6 Å². The van der Waals surface area contributed by atoms with E-state index in [0.717, 1.165) is 11.3 Å². The highest BCUT2D eigenvalue weighted by atomic mass is 79.9. The number of aromatic nitrogens is 1. The number of hydrogen-bond donors (Lipinski definition) is 0. The molecule has 0 bridgehead atoms. The van der Waals surface area contributed by atoms with Crippen LogP contribution in [-0.4, -0.2) is 4.98 Å². The lowest BCUT2D eigenvalue weighted by Crippen LogP contribution is -1.98. The monoisotopic (exact) mass is 313 g/mol. The number of rotatable bonds is 3. The van der Waals surface area contributed by atoms with Gasteiger partial charge in [-0.3, -0.25) is 4.98 Å². The largest absolute Gasteiger partial charge is 0.261 e. The summed E-state index contributed by atoms with van der Waals surface area (Å²) in [6.07, 6.45) is 2.31. The fourth-order valence-electron chi connectivity index (χ4n) is 1.53. The molecule has 0 saturated carbocycles. The van der Waals surface area contributed by atoms with Crippen LogP contribution in [0.3, 0.4) is 0 Å². The average Bonchev–Trinajstić information content (AvgIpc) is 2.34. The van der Waals surface area contributed by atoms with Crippen molar-refractivity contribution in [1.29, 1.82) is 0 Å². The van der Waals surface area contributed by atoms with Gasteiger partial charge in [-0.05, 0) is 45.8 Å². The fraction of sp³-hybridized carbons (Fsp3) is 0.154. The van der Waals surface area contributed by atoms with E-state index in [2.05, 4.69) is 20.9 Å². The smallest absolute Gasteiger partial charge is 0.137 e. The van der Waals surface area contributed by atoms with E-state index in [9.17, 15) is 4.39 Å². The second-order valence-corrected chi connectivity index (χ2v) is 5.05. The Morgan fingerprint density at radius 2 is 2.12 bits per heavy atom. The molecule has 0 amide bonds. The average molecular weight is 315 g/mol. The van der Waals surface area contributed by atoms with E-state index in [4.69, 9.17) is 11.6 Å². The normalized spacial score (nSPS) is 12.4. The zero-order valence-corrected chi connectivity index (χ0v) is 11.2. The molecule has 17 heavy (non-hydrogen) atoms. The summed E-state index contributed by atoms with van der Waals surface area (Å²) >= 11 is 9.36. The minimum Gasteiger partial charge on any atom is -0.261 e. The van der Waals surface area contributed by atoms with Gasteiger partial charge in [-0.1, -0.05) is 12.1 Å². The molecule has 1 atom stereocenters. The third-order valence-corrected chi connectivity index (χ3v) is 3.47. The zero-order valence-electron chi connectivity index (χ0n) is 8.91. The lowest BCUT2D eigenvalue weighted by atomic mass is 10.1. The quantitative estimate of drug-likeness (QED) is 0.760. The first-order valence-corrected chi connectivity index (χ1v) is 6.38. The van der Waals surface area contributed by atoms with Gasteiger partial charge in [0.05, 0.1) is 9.85 Å². The summed E-state index contributed by atoms with van der Waals surface area (Å²) in [6.45, 7) is 0. The Balaban J connectivity index is 2.14. The van der Waals surface area contributed by atoms with Crippen molar-refractivity contribution in [2.24, 2.45) is 0 Å². The molecule has 0 spiro atoms. The number of halogens is 3. The van der Waals surface area contributed by atoms with E-state index in [0.29, 0.717) is 10.9 Å². The molecule has 0 radical (unpaired) electrons. The van der Waals surface area contributed by atoms with Gasteiger partial charge in [-0.25, -0.2) is 4.39 Å². The van der Waals surface area contributed by atoms with Gasteiger partial charge in [0, 0.05) is 18.3 Å². The third kappa shape index (κ3) is 3.27. The van der Waals surface area contributed by atoms with E-state index >= 15 is 0 Å². The van der Waals surface area contributed by atoms with Crippen molar-refractivity contribution in [2.45, 2.75) is 11.8 Å². The zero-order chi connectivity index (χ0) is 12.3. The molecule has 88 valence electrons. The maximum atomic E-state index is 13.4. The summed E-state index contributed by atoms with van der Waals surface area (Å²) in [7, 11) is 0. The molecule has 1 unspecified atom stereocenters. The standard InChI is InChI=1S/C13H10BrClFN/c14-11-5-4-9(7-13(11)16)12(15)8-10-3-1-2-6-17-10/h1-7,12H,8H2. The first kappa shape index (κ1) is 12.5. The van der Waals surface area contributed by atoms with E-state index in [1.54, 1.807) is 12.3 Å². The van der Waals surface area contributed by atoms with Crippen LogP contribution in [0.15, 0.2) is 47.1 Å². The topological polar surface area (TPSA) is 12.9 Å². The highest BCUT2D eigenvalue weighted by Gasteiger charge is 2.11.